The van der Waals surface area contributed by atoms with Crippen LogP contribution in [0.15, 0.2) is 29.3 Å². The number of halogens is 1. The maximum atomic E-state index is 5.97. The first-order chi connectivity index (χ1) is 9.78. The summed E-state index contributed by atoms with van der Waals surface area (Å²) in [6.07, 6.45) is 3.53. The number of nitrogens with zero attached hydrogens (tertiary/aromatic N) is 1. The average Bonchev–Trinajstić information content (AvgIpc) is 2.96. The van der Waals surface area contributed by atoms with Crippen molar-refractivity contribution in [1.29, 1.82) is 0 Å². The highest BCUT2D eigenvalue weighted by molar-refractivity contribution is 6.30. The summed E-state index contributed by atoms with van der Waals surface area (Å²) in [4.78, 5) is 4.21. The van der Waals surface area contributed by atoms with Crippen LogP contribution in [-0.4, -0.2) is 38.8 Å². The Morgan fingerprint density at radius 2 is 2.35 bits per heavy atom. The minimum atomic E-state index is 0.321. The average molecular weight is 296 g/mol. The van der Waals surface area contributed by atoms with E-state index >= 15 is 0 Å². The molecule has 1 unspecified atom stereocenters. The highest BCUT2D eigenvalue weighted by atomic mass is 35.5. The Morgan fingerprint density at radius 1 is 1.45 bits per heavy atom. The molecule has 0 amide bonds. The Labute approximate surface area is 125 Å². The lowest BCUT2D eigenvalue weighted by atomic mass is 10.1. The van der Waals surface area contributed by atoms with E-state index < -0.39 is 0 Å². The second kappa shape index (κ2) is 8.12. The molecule has 110 valence electrons. The largest absolute Gasteiger partial charge is 0.376 e. The normalized spacial score (nSPS) is 19.1. The second-order valence-corrected chi connectivity index (χ2v) is 5.33. The number of hydrogen-bond donors (Lipinski definition) is 2. The summed E-state index contributed by atoms with van der Waals surface area (Å²) in [5.74, 6) is 0.822. The number of aliphatic imine (C=N–C) groups is 1. The molecule has 1 aliphatic rings. The predicted molar refractivity (Wildman–Crippen MR) is 83.5 cm³/mol. The van der Waals surface area contributed by atoms with Crippen molar-refractivity contribution in [2.24, 2.45) is 4.99 Å². The molecule has 2 rings (SSSR count). The zero-order valence-corrected chi connectivity index (χ0v) is 12.6. The molecule has 1 fully saturated rings. The number of nitrogens with one attached hydrogen (secondary N) is 2. The highest BCUT2D eigenvalue weighted by Crippen LogP contribution is 2.11. The first kappa shape index (κ1) is 15.1. The molecule has 1 atom stereocenters. The van der Waals surface area contributed by atoms with Gasteiger partial charge in [0.05, 0.1) is 6.10 Å². The van der Waals surface area contributed by atoms with E-state index in [1.54, 1.807) is 7.05 Å². The van der Waals surface area contributed by atoms with Gasteiger partial charge >= 0.3 is 0 Å². The van der Waals surface area contributed by atoms with E-state index in [4.69, 9.17) is 16.3 Å². The Morgan fingerprint density at radius 3 is 3.05 bits per heavy atom. The molecule has 1 aromatic carbocycles. The van der Waals surface area contributed by atoms with Gasteiger partial charge in [-0.3, -0.25) is 4.99 Å². The minimum absolute atomic E-state index is 0.321. The van der Waals surface area contributed by atoms with Crippen LogP contribution in [0.25, 0.3) is 0 Å². The lowest BCUT2D eigenvalue weighted by molar-refractivity contribution is 0.114. The van der Waals surface area contributed by atoms with Gasteiger partial charge in [-0.1, -0.05) is 23.7 Å². The molecule has 2 N–H and O–H groups in total. The van der Waals surface area contributed by atoms with E-state index in [9.17, 15) is 0 Å². The van der Waals surface area contributed by atoms with E-state index in [-0.39, 0.29) is 0 Å². The molecule has 0 radical (unpaired) electrons. The van der Waals surface area contributed by atoms with Crippen LogP contribution >= 0.6 is 11.6 Å². The maximum Gasteiger partial charge on any atom is 0.191 e. The van der Waals surface area contributed by atoms with Crippen molar-refractivity contribution >= 4 is 17.6 Å². The summed E-state index contributed by atoms with van der Waals surface area (Å²) in [6, 6.07) is 7.94. The van der Waals surface area contributed by atoms with Crippen molar-refractivity contribution in [3.63, 3.8) is 0 Å². The number of ether oxygens (including phenoxy) is 1. The van der Waals surface area contributed by atoms with Gasteiger partial charge in [0.25, 0.3) is 0 Å². The van der Waals surface area contributed by atoms with Crippen LogP contribution in [-0.2, 0) is 11.2 Å². The van der Waals surface area contributed by atoms with Gasteiger partial charge in [0.15, 0.2) is 5.96 Å². The maximum absolute atomic E-state index is 5.97. The monoisotopic (exact) mass is 295 g/mol. The number of hydrogen-bond acceptors (Lipinski definition) is 2. The Balaban J connectivity index is 1.68. The van der Waals surface area contributed by atoms with Crippen molar-refractivity contribution in [1.82, 2.24) is 10.6 Å². The van der Waals surface area contributed by atoms with Crippen molar-refractivity contribution < 1.29 is 4.74 Å². The fourth-order valence-corrected chi connectivity index (χ4v) is 2.47. The van der Waals surface area contributed by atoms with E-state index in [0.29, 0.717) is 6.10 Å². The molecule has 20 heavy (non-hydrogen) atoms. The lowest BCUT2D eigenvalue weighted by Gasteiger charge is -2.15. The molecule has 0 saturated carbocycles. The number of guanidine groups is 1. The molecule has 1 aromatic rings. The van der Waals surface area contributed by atoms with Crippen molar-refractivity contribution in [3.8, 4) is 0 Å². The Kier molecular flexibility index (Phi) is 6.15. The third kappa shape index (κ3) is 5.02. The molecule has 0 aromatic heterocycles. The summed E-state index contributed by atoms with van der Waals surface area (Å²) in [5.41, 5.74) is 1.22. The van der Waals surface area contributed by atoms with Gasteiger partial charge in [-0.15, -0.1) is 0 Å². The zero-order valence-electron chi connectivity index (χ0n) is 11.9. The van der Waals surface area contributed by atoms with Crippen LogP contribution in [0.5, 0.6) is 0 Å². The molecular formula is C15H22ClN3O. The van der Waals surface area contributed by atoms with Crippen LogP contribution in [0, 0.1) is 0 Å². The SMILES string of the molecule is CN=C(NCCc1cccc(Cl)c1)NCC1CCCO1. The van der Waals surface area contributed by atoms with Gasteiger partial charge in [-0.05, 0) is 37.0 Å². The quantitative estimate of drug-likeness (QED) is 0.647. The van der Waals surface area contributed by atoms with Crippen molar-refractivity contribution in [2.45, 2.75) is 25.4 Å². The summed E-state index contributed by atoms with van der Waals surface area (Å²) in [6.45, 7) is 2.52. The fourth-order valence-electron chi connectivity index (χ4n) is 2.25. The Bertz CT molecular complexity index is 444. The molecule has 1 aliphatic heterocycles. The van der Waals surface area contributed by atoms with Gasteiger partial charge in [-0.25, -0.2) is 0 Å². The van der Waals surface area contributed by atoms with Gasteiger partial charge < -0.3 is 15.4 Å². The molecule has 5 heteroatoms. The summed E-state index contributed by atoms with van der Waals surface area (Å²) >= 11 is 5.97. The number of benzene rings is 1. The van der Waals surface area contributed by atoms with Gasteiger partial charge in [0.2, 0.25) is 0 Å². The predicted octanol–water partition coefficient (Wildman–Crippen LogP) is 2.23. The summed E-state index contributed by atoms with van der Waals surface area (Å²) < 4.78 is 5.57. The van der Waals surface area contributed by atoms with E-state index in [0.717, 1.165) is 49.9 Å². The second-order valence-electron chi connectivity index (χ2n) is 4.89. The Hall–Kier alpha value is -1.26. The number of rotatable bonds is 5. The van der Waals surface area contributed by atoms with Crippen LogP contribution in [0.1, 0.15) is 18.4 Å². The fraction of sp³-hybridized carbons (Fsp3) is 0.533. The molecule has 0 bridgehead atoms. The first-order valence-electron chi connectivity index (χ1n) is 7.08. The minimum Gasteiger partial charge on any atom is -0.376 e. The van der Waals surface area contributed by atoms with Crippen molar-refractivity contribution in [2.75, 3.05) is 26.7 Å². The smallest absolute Gasteiger partial charge is 0.191 e. The standard InChI is InChI=1S/C15H22ClN3O/c1-17-15(19-11-14-6-3-9-20-14)18-8-7-12-4-2-5-13(16)10-12/h2,4-5,10,14H,3,6-9,11H2,1H3,(H2,17,18,19). The van der Waals surface area contributed by atoms with E-state index in [1.165, 1.54) is 5.56 Å². The van der Waals surface area contributed by atoms with Crippen LogP contribution in [0.3, 0.4) is 0 Å². The summed E-state index contributed by atoms with van der Waals surface area (Å²) in [7, 11) is 1.78. The molecule has 0 aliphatic carbocycles. The molecule has 1 saturated heterocycles. The van der Waals surface area contributed by atoms with Gasteiger partial charge in [-0.2, -0.15) is 0 Å². The van der Waals surface area contributed by atoms with Gasteiger partial charge in [0, 0.05) is 31.8 Å². The van der Waals surface area contributed by atoms with Gasteiger partial charge in [0.1, 0.15) is 0 Å². The molecular weight excluding hydrogens is 274 g/mol. The molecule has 1 heterocycles. The van der Waals surface area contributed by atoms with Crippen LogP contribution < -0.4 is 10.6 Å². The zero-order chi connectivity index (χ0) is 14.2. The topological polar surface area (TPSA) is 45.7 Å². The highest BCUT2D eigenvalue weighted by Gasteiger charge is 2.15. The van der Waals surface area contributed by atoms with E-state index in [1.807, 2.05) is 18.2 Å². The molecule has 0 spiro atoms. The summed E-state index contributed by atoms with van der Waals surface area (Å²) in [5, 5.41) is 7.38. The van der Waals surface area contributed by atoms with E-state index in [2.05, 4.69) is 21.7 Å². The lowest BCUT2D eigenvalue weighted by Crippen LogP contribution is -2.41. The van der Waals surface area contributed by atoms with Crippen LogP contribution in [0.2, 0.25) is 5.02 Å². The van der Waals surface area contributed by atoms with Crippen molar-refractivity contribution in [3.05, 3.63) is 34.9 Å². The van der Waals surface area contributed by atoms with Crippen LogP contribution in [0.4, 0.5) is 0 Å². The third-order valence-corrected chi connectivity index (χ3v) is 3.58. The first-order valence-corrected chi connectivity index (χ1v) is 7.46. The third-order valence-electron chi connectivity index (χ3n) is 3.34. The molecule has 4 nitrogen and oxygen atoms in total.